The third kappa shape index (κ3) is 2.17. The molecule has 0 aromatic heterocycles. The molecule has 1 fully saturated rings. The summed E-state index contributed by atoms with van der Waals surface area (Å²) in [6, 6.07) is 5.22. The molecule has 1 aliphatic rings. The monoisotopic (exact) mass is 207 g/mol. The van der Waals surface area contributed by atoms with Crippen molar-refractivity contribution in [1.82, 2.24) is 0 Å². The minimum Gasteiger partial charge on any atom is -0.368 e. The molecule has 1 aromatic rings. The van der Waals surface area contributed by atoms with Crippen LogP contribution in [0.25, 0.3) is 0 Å². The molecule has 0 aliphatic carbocycles. The minimum absolute atomic E-state index is 0.190. The molecule has 15 heavy (non-hydrogen) atoms. The van der Waals surface area contributed by atoms with Gasteiger partial charge in [0.05, 0.1) is 5.69 Å². The van der Waals surface area contributed by atoms with Crippen LogP contribution in [-0.4, -0.2) is 18.9 Å². The largest absolute Gasteiger partial charge is 0.368 e. The van der Waals surface area contributed by atoms with Crippen molar-refractivity contribution in [3.63, 3.8) is 0 Å². The van der Waals surface area contributed by atoms with E-state index >= 15 is 0 Å². The van der Waals surface area contributed by atoms with Gasteiger partial charge in [0, 0.05) is 25.9 Å². The third-order valence-corrected chi connectivity index (χ3v) is 2.76. The maximum atomic E-state index is 13.6. The molecule has 0 bridgehead atoms. The molecule has 1 aromatic carbocycles. The van der Waals surface area contributed by atoms with E-state index in [1.54, 1.807) is 6.07 Å². The van der Waals surface area contributed by atoms with E-state index in [-0.39, 0.29) is 11.6 Å². The average Bonchev–Trinajstić information content (AvgIpc) is 2.20. The van der Waals surface area contributed by atoms with E-state index in [1.165, 1.54) is 6.07 Å². The maximum absolute atomic E-state index is 13.6. The lowest BCUT2D eigenvalue weighted by Crippen LogP contribution is -2.34. The van der Waals surface area contributed by atoms with Crippen LogP contribution in [0.15, 0.2) is 18.2 Å². The molecule has 0 amide bonds. The molecule has 2 rings (SSSR count). The standard InChI is InChI=1S/C12H14FNO/c1-9-2-3-12(11(13)8-9)14-6-4-10(15)5-7-14/h2-3,8H,4-7H2,1H3. The van der Waals surface area contributed by atoms with Gasteiger partial charge in [0.1, 0.15) is 11.6 Å². The van der Waals surface area contributed by atoms with Crippen LogP contribution in [-0.2, 0) is 4.79 Å². The smallest absolute Gasteiger partial charge is 0.146 e. The Balaban J connectivity index is 2.19. The number of carbonyl (C=O) groups is 1. The highest BCUT2D eigenvalue weighted by molar-refractivity contribution is 5.81. The van der Waals surface area contributed by atoms with Crippen molar-refractivity contribution in [2.24, 2.45) is 0 Å². The summed E-state index contributed by atoms with van der Waals surface area (Å²) in [5.74, 6) is 0.0862. The molecule has 80 valence electrons. The molecule has 1 heterocycles. The van der Waals surface area contributed by atoms with E-state index < -0.39 is 0 Å². The molecule has 0 N–H and O–H groups in total. The highest BCUT2D eigenvalue weighted by atomic mass is 19.1. The molecular formula is C12H14FNO. The normalized spacial score (nSPS) is 16.9. The van der Waals surface area contributed by atoms with E-state index in [9.17, 15) is 9.18 Å². The fourth-order valence-electron chi connectivity index (χ4n) is 1.87. The predicted molar refractivity (Wildman–Crippen MR) is 57.6 cm³/mol. The number of hydrogen-bond acceptors (Lipinski definition) is 2. The van der Waals surface area contributed by atoms with Gasteiger partial charge >= 0.3 is 0 Å². The van der Waals surface area contributed by atoms with Gasteiger partial charge in [-0.25, -0.2) is 4.39 Å². The van der Waals surface area contributed by atoms with Crippen molar-refractivity contribution in [1.29, 1.82) is 0 Å². The van der Waals surface area contributed by atoms with Crippen molar-refractivity contribution in [3.05, 3.63) is 29.6 Å². The molecule has 0 atom stereocenters. The summed E-state index contributed by atoms with van der Waals surface area (Å²) in [6.07, 6.45) is 1.07. The first-order valence-electron chi connectivity index (χ1n) is 5.19. The van der Waals surface area contributed by atoms with Crippen molar-refractivity contribution in [2.75, 3.05) is 18.0 Å². The molecule has 2 nitrogen and oxygen atoms in total. The second kappa shape index (κ2) is 4.01. The summed E-state index contributed by atoms with van der Waals surface area (Å²) in [4.78, 5) is 13.0. The van der Waals surface area contributed by atoms with E-state index in [4.69, 9.17) is 0 Å². The first-order chi connectivity index (χ1) is 7.16. The van der Waals surface area contributed by atoms with Gasteiger partial charge in [0.2, 0.25) is 0 Å². The van der Waals surface area contributed by atoms with Crippen LogP contribution in [0.1, 0.15) is 18.4 Å². The molecule has 0 spiro atoms. The van der Waals surface area contributed by atoms with Gasteiger partial charge in [-0.1, -0.05) is 6.07 Å². The number of halogens is 1. The highest BCUT2D eigenvalue weighted by Crippen LogP contribution is 2.22. The third-order valence-electron chi connectivity index (χ3n) is 2.76. The number of benzene rings is 1. The van der Waals surface area contributed by atoms with E-state index in [2.05, 4.69) is 0 Å². The fraction of sp³-hybridized carbons (Fsp3) is 0.417. The summed E-state index contributed by atoms with van der Waals surface area (Å²) < 4.78 is 13.6. The average molecular weight is 207 g/mol. The van der Waals surface area contributed by atoms with E-state index in [1.807, 2.05) is 17.9 Å². The number of ketones is 1. The number of rotatable bonds is 1. The number of carbonyl (C=O) groups excluding carboxylic acids is 1. The molecule has 1 aliphatic heterocycles. The Bertz CT molecular complexity index is 379. The predicted octanol–water partition coefficient (Wildman–Crippen LogP) is 2.30. The van der Waals surface area contributed by atoms with Gasteiger partial charge in [-0.05, 0) is 24.6 Å². The van der Waals surface area contributed by atoms with E-state index in [0.717, 1.165) is 5.56 Å². The van der Waals surface area contributed by atoms with Crippen LogP contribution in [0.2, 0.25) is 0 Å². The topological polar surface area (TPSA) is 20.3 Å². The van der Waals surface area contributed by atoms with Crippen LogP contribution in [0.4, 0.5) is 10.1 Å². The van der Waals surface area contributed by atoms with Crippen LogP contribution in [0.5, 0.6) is 0 Å². The Morgan fingerprint density at radius 2 is 1.93 bits per heavy atom. The Labute approximate surface area is 88.7 Å². The first kappa shape index (κ1) is 10.1. The molecular weight excluding hydrogens is 193 g/mol. The van der Waals surface area contributed by atoms with Gasteiger partial charge in [0.25, 0.3) is 0 Å². The summed E-state index contributed by atoms with van der Waals surface area (Å²) in [6.45, 7) is 3.14. The van der Waals surface area contributed by atoms with Crippen LogP contribution < -0.4 is 4.90 Å². The zero-order valence-electron chi connectivity index (χ0n) is 8.79. The number of anilines is 1. The van der Waals surface area contributed by atoms with Gasteiger partial charge < -0.3 is 4.90 Å². The number of nitrogens with zero attached hydrogens (tertiary/aromatic N) is 1. The lowest BCUT2D eigenvalue weighted by atomic mass is 10.1. The molecule has 0 saturated carbocycles. The number of aryl methyl sites for hydroxylation is 1. The Morgan fingerprint density at radius 3 is 2.53 bits per heavy atom. The number of piperidine rings is 1. The van der Waals surface area contributed by atoms with Crippen molar-refractivity contribution < 1.29 is 9.18 Å². The first-order valence-corrected chi connectivity index (χ1v) is 5.19. The van der Waals surface area contributed by atoms with Gasteiger partial charge in [-0.15, -0.1) is 0 Å². The lowest BCUT2D eigenvalue weighted by molar-refractivity contribution is -0.119. The summed E-state index contributed by atoms with van der Waals surface area (Å²) in [5, 5.41) is 0. The van der Waals surface area contributed by atoms with Crippen molar-refractivity contribution >= 4 is 11.5 Å². The van der Waals surface area contributed by atoms with Gasteiger partial charge in [-0.3, -0.25) is 4.79 Å². The quantitative estimate of drug-likeness (QED) is 0.704. The summed E-state index contributed by atoms with van der Waals surface area (Å²) >= 11 is 0. The Hall–Kier alpha value is -1.38. The zero-order chi connectivity index (χ0) is 10.8. The zero-order valence-corrected chi connectivity index (χ0v) is 8.79. The molecule has 0 unspecified atom stereocenters. The Kier molecular flexibility index (Phi) is 2.71. The van der Waals surface area contributed by atoms with Crippen LogP contribution in [0.3, 0.4) is 0 Å². The molecule has 3 heteroatoms. The lowest BCUT2D eigenvalue weighted by Gasteiger charge is -2.28. The summed E-state index contributed by atoms with van der Waals surface area (Å²) in [7, 11) is 0. The van der Waals surface area contributed by atoms with Gasteiger partial charge in [-0.2, -0.15) is 0 Å². The molecule has 0 radical (unpaired) electrons. The van der Waals surface area contributed by atoms with E-state index in [0.29, 0.717) is 31.6 Å². The second-order valence-corrected chi connectivity index (χ2v) is 3.98. The number of hydrogen-bond donors (Lipinski definition) is 0. The highest BCUT2D eigenvalue weighted by Gasteiger charge is 2.18. The van der Waals surface area contributed by atoms with Crippen LogP contribution >= 0.6 is 0 Å². The van der Waals surface area contributed by atoms with Gasteiger partial charge in [0.15, 0.2) is 0 Å². The van der Waals surface area contributed by atoms with Crippen molar-refractivity contribution in [2.45, 2.75) is 19.8 Å². The minimum atomic E-state index is -0.190. The Morgan fingerprint density at radius 1 is 1.27 bits per heavy atom. The maximum Gasteiger partial charge on any atom is 0.146 e. The van der Waals surface area contributed by atoms with Crippen molar-refractivity contribution in [3.8, 4) is 0 Å². The molecule has 1 saturated heterocycles. The SMILES string of the molecule is Cc1ccc(N2CCC(=O)CC2)c(F)c1. The number of Topliss-reactive ketones (excluding diaryl/α,β-unsaturated/α-hetero) is 1. The second-order valence-electron chi connectivity index (χ2n) is 3.98. The van der Waals surface area contributed by atoms with Crippen LogP contribution in [0, 0.1) is 12.7 Å². The summed E-state index contributed by atoms with van der Waals surface area (Å²) in [5.41, 5.74) is 1.54. The fourth-order valence-corrected chi connectivity index (χ4v) is 1.87.